The zero-order valence-electron chi connectivity index (χ0n) is 17.8. The molecule has 0 bridgehead atoms. The maximum absolute atomic E-state index is 12.4. The van der Waals surface area contributed by atoms with E-state index in [4.69, 9.17) is 4.74 Å². The topological polar surface area (TPSA) is 56.2 Å². The highest BCUT2D eigenvalue weighted by Gasteiger charge is 2.44. The van der Waals surface area contributed by atoms with Gasteiger partial charge in [0.25, 0.3) is 0 Å². The summed E-state index contributed by atoms with van der Waals surface area (Å²) in [6.45, 7) is 6.31. The van der Waals surface area contributed by atoms with Gasteiger partial charge in [-0.25, -0.2) is 0 Å². The molecule has 3 fully saturated rings. The average Bonchev–Trinajstić information content (AvgIpc) is 3.02. The Balaban J connectivity index is 1.38. The number of likely N-dealkylation sites (tertiary alicyclic amines) is 2. The van der Waals surface area contributed by atoms with E-state index in [1.165, 1.54) is 0 Å². The third-order valence-corrected chi connectivity index (χ3v) is 7.19. The number of hydrogen-bond acceptors (Lipinski definition) is 5. The molecule has 29 heavy (non-hydrogen) atoms. The molecule has 2 atom stereocenters. The Morgan fingerprint density at radius 3 is 2.69 bits per heavy atom. The van der Waals surface area contributed by atoms with E-state index in [1.54, 1.807) is 7.11 Å². The molecule has 0 aromatic heterocycles. The fourth-order valence-electron chi connectivity index (χ4n) is 5.56. The highest BCUT2D eigenvalue weighted by Crippen LogP contribution is 2.34. The Kier molecular flexibility index (Phi) is 6.02. The van der Waals surface area contributed by atoms with Crippen LogP contribution in [-0.4, -0.2) is 78.3 Å². The Morgan fingerprint density at radius 2 is 1.97 bits per heavy atom. The van der Waals surface area contributed by atoms with Crippen molar-refractivity contribution in [2.75, 3.05) is 44.7 Å². The van der Waals surface area contributed by atoms with Crippen molar-refractivity contribution in [3.05, 3.63) is 24.3 Å². The maximum Gasteiger partial charge on any atom is 0.222 e. The van der Waals surface area contributed by atoms with Crippen LogP contribution in [0.5, 0.6) is 5.75 Å². The number of ether oxygens (including phenoxy) is 1. The van der Waals surface area contributed by atoms with E-state index >= 15 is 0 Å². The number of piperidine rings is 1. The van der Waals surface area contributed by atoms with Gasteiger partial charge >= 0.3 is 0 Å². The molecule has 3 aliphatic rings. The number of amides is 1. The van der Waals surface area contributed by atoms with Crippen LogP contribution in [0.1, 0.15) is 45.4 Å². The first-order valence-corrected chi connectivity index (χ1v) is 11.2. The number of nitrogens with zero attached hydrogens (tertiary/aromatic N) is 3. The van der Waals surface area contributed by atoms with Crippen LogP contribution in [0.3, 0.4) is 0 Å². The van der Waals surface area contributed by atoms with Crippen molar-refractivity contribution < 1.29 is 14.6 Å². The molecule has 3 saturated heterocycles. The van der Waals surface area contributed by atoms with Gasteiger partial charge in [0.1, 0.15) is 5.75 Å². The molecule has 0 aliphatic carbocycles. The highest BCUT2D eigenvalue weighted by molar-refractivity contribution is 5.77. The first-order chi connectivity index (χ1) is 14.0. The molecule has 3 aliphatic heterocycles. The van der Waals surface area contributed by atoms with Gasteiger partial charge < -0.3 is 19.6 Å². The van der Waals surface area contributed by atoms with Gasteiger partial charge in [0.2, 0.25) is 5.91 Å². The Hall–Kier alpha value is -1.79. The Bertz CT molecular complexity index is 717. The van der Waals surface area contributed by atoms with Crippen LogP contribution in [0.2, 0.25) is 0 Å². The van der Waals surface area contributed by atoms with Crippen LogP contribution in [0.15, 0.2) is 24.3 Å². The van der Waals surface area contributed by atoms with E-state index in [0.29, 0.717) is 24.4 Å². The number of carbonyl (C=O) groups is 1. The largest absolute Gasteiger partial charge is 0.497 e. The fourth-order valence-corrected chi connectivity index (χ4v) is 5.56. The summed E-state index contributed by atoms with van der Waals surface area (Å²) in [5, 5.41) is 11.4. The number of β-amino-alcohol motifs (C(OH)–C–C–N with tert-alkyl or cyclic N) is 1. The van der Waals surface area contributed by atoms with E-state index in [1.807, 2.05) is 12.1 Å². The highest BCUT2D eigenvalue weighted by atomic mass is 16.5. The molecule has 1 amide bonds. The van der Waals surface area contributed by atoms with E-state index in [-0.39, 0.29) is 0 Å². The van der Waals surface area contributed by atoms with Gasteiger partial charge in [-0.05, 0) is 51.2 Å². The monoisotopic (exact) mass is 401 g/mol. The second kappa shape index (κ2) is 8.52. The van der Waals surface area contributed by atoms with Crippen LogP contribution in [0, 0.1) is 0 Å². The van der Waals surface area contributed by atoms with Crippen LogP contribution in [0.4, 0.5) is 5.69 Å². The standard InChI is InChI=1S/C23H35N3O3/c1-3-26-21-10-13-25(20(21)8-5-9-22(26)27)17-23(28)11-14-24(15-12-23)18-6-4-7-19(16-18)29-2/h4,6-7,16,20-21,28H,3,5,8-15,17H2,1-2H3/t20-,21-/m0/s1. The van der Waals surface area contributed by atoms with Crippen molar-refractivity contribution in [2.24, 2.45) is 0 Å². The number of carbonyl (C=O) groups excluding carboxylic acids is 1. The maximum atomic E-state index is 12.4. The predicted octanol–water partition coefficient (Wildman–Crippen LogP) is 2.50. The third kappa shape index (κ3) is 4.24. The summed E-state index contributed by atoms with van der Waals surface area (Å²) in [5.41, 5.74) is 0.519. The first-order valence-electron chi connectivity index (χ1n) is 11.2. The molecule has 0 unspecified atom stereocenters. The van der Waals surface area contributed by atoms with Crippen LogP contribution in [-0.2, 0) is 4.79 Å². The minimum absolute atomic E-state index is 0.312. The predicted molar refractivity (Wildman–Crippen MR) is 114 cm³/mol. The van der Waals surface area contributed by atoms with Crippen molar-refractivity contribution >= 4 is 11.6 Å². The second-order valence-corrected chi connectivity index (χ2v) is 8.88. The van der Waals surface area contributed by atoms with Gasteiger partial charge in [-0.1, -0.05) is 6.07 Å². The summed E-state index contributed by atoms with van der Waals surface area (Å²) in [6.07, 6.45) is 5.29. The zero-order valence-corrected chi connectivity index (χ0v) is 17.8. The number of anilines is 1. The van der Waals surface area contributed by atoms with Gasteiger partial charge in [-0.2, -0.15) is 0 Å². The van der Waals surface area contributed by atoms with Gasteiger partial charge in [0, 0.05) is 63.0 Å². The van der Waals surface area contributed by atoms with Crippen molar-refractivity contribution in [1.29, 1.82) is 0 Å². The molecule has 160 valence electrons. The summed E-state index contributed by atoms with van der Waals surface area (Å²) >= 11 is 0. The molecule has 4 rings (SSSR count). The van der Waals surface area contributed by atoms with E-state index in [9.17, 15) is 9.90 Å². The lowest BCUT2D eigenvalue weighted by Crippen LogP contribution is -2.53. The molecule has 1 aromatic carbocycles. The number of hydrogen-bond donors (Lipinski definition) is 1. The number of methoxy groups -OCH3 is 1. The molecule has 1 N–H and O–H groups in total. The van der Waals surface area contributed by atoms with Crippen LogP contribution in [0.25, 0.3) is 0 Å². The SMILES string of the molecule is CCN1C(=O)CCC[C@H]2[C@@H]1CCN2CC1(O)CCN(c2cccc(OC)c2)CC1. The average molecular weight is 402 g/mol. The molecule has 0 saturated carbocycles. The Morgan fingerprint density at radius 1 is 1.17 bits per heavy atom. The zero-order chi connectivity index (χ0) is 20.4. The third-order valence-electron chi connectivity index (χ3n) is 7.19. The quantitative estimate of drug-likeness (QED) is 0.822. The van der Waals surface area contributed by atoms with Gasteiger partial charge in [-0.3, -0.25) is 9.69 Å². The van der Waals surface area contributed by atoms with Crippen molar-refractivity contribution in [2.45, 2.75) is 63.1 Å². The molecule has 6 heteroatoms. The smallest absolute Gasteiger partial charge is 0.222 e. The summed E-state index contributed by atoms with van der Waals surface area (Å²) in [7, 11) is 1.69. The number of benzene rings is 1. The number of rotatable bonds is 5. The molecule has 6 nitrogen and oxygen atoms in total. The summed E-state index contributed by atoms with van der Waals surface area (Å²) in [6, 6.07) is 8.89. The molecular weight excluding hydrogens is 366 g/mol. The number of fused-ring (bicyclic) bond motifs is 1. The van der Waals surface area contributed by atoms with Gasteiger partial charge in [0.05, 0.1) is 12.7 Å². The fraction of sp³-hybridized carbons (Fsp3) is 0.696. The van der Waals surface area contributed by atoms with Crippen molar-refractivity contribution in [1.82, 2.24) is 9.80 Å². The minimum Gasteiger partial charge on any atom is -0.497 e. The molecular formula is C23H35N3O3. The molecule has 0 radical (unpaired) electrons. The van der Waals surface area contributed by atoms with E-state index in [0.717, 1.165) is 76.3 Å². The summed E-state index contributed by atoms with van der Waals surface area (Å²) in [4.78, 5) is 19.3. The van der Waals surface area contributed by atoms with Crippen LogP contribution >= 0.6 is 0 Å². The Labute approximate surface area is 174 Å². The lowest BCUT2D eigenvalue weighted by Gasteiger charge is -2.43. The number of aliphatic hydroxyl groups is 1. The lowest BCUT2D eigenvalue weighted by atomic mass is 9.90. The van der Waals surface area contributed by atoms with Crippen molar-refractivity contribution in [3.63, 3.8) is 0 Å². The summed E-state index contributed by atoms with van der Waals surface area (Å²) < 4.78 is 5.35. The molecule has 0 spiro atoms. The lowest BCUT2D eigenvalue weighted by molar-refractivity contribution is -0.132. The van der Waals surface area contributed by atoms with Gasteiger partial charge in [-0.15, -0.1) is 0 Å². The van der Waals surface area contributed by atoms with E-state index < -0.39 is 5.60 Å². The normalized spacial score (nSPS) is 27.6. The van der Waals surface area contributed by atoms with Crippen molar-refractivity contribution in [3.8, 4) is 5.75 Å². The molecule has 1 aromatic rings. The molecule has 3 heterocycles. The summed E-state index contributed by atoms with van der Waals surface area (Å²) in [5.74, 6) is 1.18. The van der Waals surface area contributed by atoms with Gasteiger partial charge in [0.15, 0.2) is 0 Å². The van der Waals surface area contributed by atoms with Crippen LogP contribution < -0.4 is 9.64 Å². The first kappa shape index (κ1) is 20.5. The van der Waals surface area contributed by atoms with E-state index in [2.05, 4.69) is 33.8 Å². The number of likely N-dealkylation sites (N-methyl/N-ethyl adjacent to an activating group) is 1. The minimum atomic E-state index is -0.641. The second-order valence-electron chi connectivity index (χ2n) is 8.88.